The molecule has 1 heterocycles. The van der Waals surface area contributed by atoms with E-state index in [1.807, 2.05) is 20.8 Å². The maximum Gasteiger partial charge on any atom is 0.252 e. The maximum atomic E-state index is 8.85. The molecule has 5 heteroatoms. The predicted octanol–water partition coefficient (Wildman–Crippen LogP) is 1.61. The lowest BCUT2D eigenvalue weighted by Crippen LogP contribution is -2.29. The molecule has 0 aliphatic rings. The number of hydrogen-bond acceptors (Lipinski definition) is 5. The van der Waals surface area contributed by atoms with E-state index in [1.54, 1.807) is 0 Å². The van der Waals surface area contributed by atoms with Crippen LogP contribution in [0.2, 0.25) is 0 Å². The predicted molar refractivity (Wildman–Crippen MR) is 54.1 cm³/mol. The van der Waals surface area contributed by atoms with E-state index < -0.39 is 5.60 Å². The van der Waals surface area contributed by atoms with E-state index in [2.05, 4.69) is 10.1 Å². The van der Waals surface area contributed by atoms with Crippen molar-refractivity contribution in [1.29, 1.82) is 0 Å². The van der Waals surface area contributed by atoms with Crippen LogP contribution in [0.3, 0.4) is 0 Å². The molecule has 0 fully saturated rings. The molecule has 5 nitrogen and oxygen atoms in total. The second kappa shape index (κ2) is 5.23. The van der Waals surface area contributed by atoms with Crippen molar-refractivity contribution in [2.45, 2.75) is 45.8 Å². The van der Waals surface area contributed by atoms with Gasteiger partial charge in [-0.3, -0.25) is 0 Å². The van der Waals surface area contributed by atoms with Crippen LogP contribution < -0.4 is 0 Å². The van der Waals surface area contributed by atoms with Gasteiger partial charge in [0, 0.05) is 6.61 Å². The SMILES string of the molecule is CCOC(CC)(CC)c1noc(CO)n1. The number of aromatic nitrogens is 2. The van der Waals surface area contributed by atoms with Gasteiger partial charge in [-0.1, -0.05) is 19.0 Å². The topological polar surface area (TPSA) is 68.4 Å². The molecule has 0 saturated carbocycles. The minimum Gasteiger partial charge on any atom is -0.387 e. The van der Waals surface area contributed by atoms with Gasteiger partial charge in [0.05, 0.1) is 0 Å². The summed E-state index contributed by atoms with van der Waals surface area (Å²) < 4.78 is 10.6. The molecule has 0 radical (unpaired) electrons. The van der Waals surface area contributed by atoms with Crippen molar-refractivity contribution in [3.63, 3.8) is 0 Å². The van der Waals surface area contributed by atoms with E-state index in [9.17, 15) is 0 Å². The van der Waals surface area contributed by atoms with Gasteiger partial charge in [0.25, 0.3) is 5.89 Å². The van der Waals surface area contributed by atoms with Crippen molar-refractivity contribution in [3.05, 3.63) is 11.7 Å². The van der Waals surface area contributed by atoms with Gasteiger partial charge in [-0.15, -0.1) is 0 Å². The molecule has 0 amide bonds. The van der Waals surface area contributed by atoms with Gasteiger partial charge in [-0.05, 0) is 19.8 Å². The lowest BCUT2D eigenvalue weighted by molar-refractivity contribution is -0.0583. The lowest BCUT2D eigenvalue weighted by Gasteiger charge is -2.27. The third-order valence-corrected chi connectivity index (χ3v) is 2.57. The Kier molecular flexibility index (Phi) is 4.23. The number of ether oxygens (including phenoxy) is 1. The van der Waals surface area contributed by atoms with Crippen LogP contribution in [0, 0.1) is 0 Å². The number of nitrogens with zero attached hydrogens (tertiary/aromatic N) is 2. The highest BCUT2D eigenvalue weighted by Crippen LogP contribution is 2.30. The van der Waals surface area contributed by atoms with Crippen molar-refractivity contribution >= 4 is 0 Å². The molecule has 15 heavy (non-hydrogen) atoms. The molecule has 1 rings (SSSR count). The van der Waals surface area contributed by atoms with Gasteiger partial charge < -0.3 is 14.4 Å². The Bertz CT molecular complexity index is 295. The fourth-order valence-corrected chi connectivity index (χ4v) is 1.62. The minimum atomic E-state index is -0.480. The molecule has 0 unspecified atom stereocenters. The zero-order valence-corrected chi connectivity index (χ0v) is 9.49. The van der Waals surface area contributed by atoms with Crippen LogP contribution in [0.1, 0.15) is 45.3 Å². The Hall–Kier alpha value is -0.940. The monoisotopic (exact) mass is 214 g/mol. The average Bonchev–Trinajstić information content (AvgIpc) is 2.75. The molecule has 0 bridgehead atoms. The molecular weight excluding hydrogens is 196 g/mol. The molecule has 0 atom stereocenters. The van der Waals surface area contributed by atoms with Gasteiger partial charge in [-0.25, -0.2) is 0 Å². The molecule has 86 valence electrons. The Morgan fingerprint density at radius 1 is 1.33 bits per heavy atom. The summed E-state index contributed by atoms with van der Waals surface area (Å²) in [4.78, 5) is 4.11. The van der Waals surface area contributed by atoms with Gasteiger partial charge in [0.1, 0.15) is 12.2 Å². The van der Waals surface area contributed by atoms with Crippen molar-refractivity contribution in [2.75, 3.05) is 6.61 Å². The van der Waals surface area contributed by atoms with Crippen LogP contribution in [-0.4, -0.2) is 21.9 Å². The van der Waals surface area contributed by atoms with E-state index in [0.29, 0.717) is 12.4 Å². The molecule has 0 spiro atoms. The summed E-state index contributed by atoms with van der Waals surface area (Å²) in [7, 11) is 0. The van der Waals surface area contributed by atoms with E-state index in [0.717, 1.165) is 12.8 Å². The normalized spacial score (nSPS) is 12.0. The van der Waals surface area contributed by atoms with Gasteiger partial charge in [0.2, 0.25) is 5.82 Å². The van der Waals surface area contributed by atoms with Gasteiger partial charge >= 0.3 is 0 Å². The number of hydrogen-bond donors (Lipinski definition) is 1. The number of aliphatic hydroxyl groups excluding tert-OH is 1. The van der Waals surface area contributed by atoms with Crippen LogP contribution in [0.4, 0.5) is 0 Å². The maximum absolute atomic E-state index is 8.85. The molecule has 1 aromatic heterocycles. The summed E-state index contributed by atoms with van der Waals surface area (Å²) >= 11 is 0. The zero-order valence-electron chi connectivity index (χ0n) is 9.49. The van der Waals surface area contributed by atoms with Gasteiger partial charge in [-0.2, -0.15) is 4.98 Å². The number of rotatable bonds is 6. The van der Waals surface area contributed by atoms with Crippen molar-refractivity contribution in [3.8, 4) is 0 Å². The van der Waals surface area contributed by atoms with E-state index >= 15 is 0 Å². The quantitative estimate of drug-likeness (QED) is 0.779. The van der Waals surface area contributed by atoms with E-state index in [4.69, 9.17) is 14.4 Å². The molecule has 1 aromatic rings. The summed E-state index contributed by atoms with van der Waals surface area (Å²) in [6, 6.07) is 0. The second-order valence-electron chi connectivity index (χ2n) is 3.30. The first-order valence-corrected chi connectivity index (χ1v) is 5.30. The molecule has 0 saturated heterocycles. The van der Waals surface area contributed by atoms with Gasteiger partial charge in [0.15, 0.2) is 0 Å². The fraction of sp³-hybridized carbons (Fsp3) is 0.800. The third-order valence-electron chi connectivity index (χ3n) is 2.57. The Labute approximate surface area is 89.4 Å². The van der Waals surface area contributed by atoms with Crippen molar-refractivity contribution < 1.29 is 14.4 Å². The molecular formula is C10H18N2O3. The molecule has 0 aliphatic carbocycles. The molecule has 1 N–H and O–H groups in total. The summed E-state index contributed by atoms with van der Waals surface area (Å²) in [6.07, 6.45) is 1.56. The van der Waals surface area contributed by atoms with Crippen molar-refractivity contribution in [1.82, 2.24) is 10.1 Å². The Morgan fingerprint density at radius 2 is 2.00 bits per heavy atom. The van der Waals surface area contributed by atoms with Crippen LogP contribution in [-0.2, 0) is 16.9 Å². The van der Waals surface area contributed by atoms with Crippen LogP contribution in [0.15, 0.2) is 4.52 Å². The standard InChI is InChI=1S/C10H18N2O3/c1-4-10(5-2,14-6-3)9-11-8(7-13)15-12-9/h13H,4-7H2,1-3H3. The average molecular weight is 214 g/mol. The fourth-order valence-electron chi connectivity index (χ4n) is 1.62. The number of aliphatic hydroxyl groups is 1. The van der Waals surface area contributed by atoms with Crippen LogP contribution >= 0.6 is 0 Å². The molecule has 0 aliphatic heterocycles. The summed E-state index contributed by atoms with van der Waals surface area (Å²) in [6.45, 7) is 6.35. The lowest BCUT2D eigenvalue weighted by atomic mass is 9.96. The van der Waals surface area contributed by atoms with Crippen molar-refractivity contribution in [2.24, 2.45) is 0 Å². The largest absolute Gasteiger partial charge is 0.387 e. The van der Waals surface area contributed by atoms with Crippen LogP contribution in [0.25, 0.3) is 0 Å². The smallest absolute Gasteiger partial charge is 0.252 e. The zero-order chi connectivity index (χ0) is 11.3. The van der Waals surface area contributed by atoms with E-state index in [-0.39, 0.29) is 12.5 Å². The first-order valence-electron chi connectivity index (χ1n) is 5.30. The highest BCUT2D eigenvalue weighted by atomic mass is 16.5. The van der Waals surface area contributed by atoms with Crippen LogP contribution in [0.5, 0.6) is 0 Å². The minimum absolute atomic E-state index is 0.232. The summed E-state index contributed by atoms with van der Waals surface area (Å²) in [5, 5.41) is 12.7. The Balaban J connectivity index is 2.96. The van der Waals surface area contributed by atoms with E-state index in [1.165, 1.54) is 0 Å². The summed E-state index contributed by atoms with van der Waals surface area (Å²) in [5.41, 5.74) is -0.480. The highest BCUT2D eigenvalue weighted by molar-refractivity contribution is 5.00. The first-order chi connectivity index (χ1) is 7.22. The Morgan fingerprint density at radius 3 is 2.40 bits per heavy atom. The molecule has 0 aromatic carbocycles. The first kappa shape index (κ1) is 12.1. The highest BCUT2D eigenvalue weighted by Gasteiger charge is 2.34. The summed E-state index contributed by atoms with van der Waals surface area (Å²) in [5.74, 6) is 0.759. The third kappa shape index (κ3) is 2.35. The second-order valence-corrected chi connectivity index (χ2v) is 3.30.